The second-order valence-corrected chi connectivity index (χ2v) is 3.57. The van der Waals surface area contributed by atoms with Crippen LogP contribution in [0.25, 0.3) is 0 Å². The summed E-state index contributed by atoms with van der Waals surface area (Å²) in [5.74, 6) is -1.39. The van der Waals surface area contributed by atoms with Gasteiger partial charge in [0.2, 0.25) is 0 Å². The number of anilines is 1. The zero-order chi connectivity index (χ0) is 14.5. The number of ether oxygens (including phenoxy) is 1. The van der Waals surface area contributed by atoms with Gasteiger partial charge in [-0.1, -0.05) is 0 Å². The summed E-state index contributed by atoms with van der Waals surface area (Å²) in [6, 6.07) is 1.52. The van der Waals surface area contributed by atoms with E-state index in [0.717, 1.165) is 6.07 Å². The second-order valence-electron chi connectivity index (χ2n) is 3.57. The van der Waals surface area contributed by atoms with Gasteiger partial charge in [0.1, 0.15) is 5.82 Å². The summed E-state index contributed by atoms with van der Waals surface area (Å²) in [4.78, 5) is 11.3. The molecule has 0 saturated heterocycles. The predicted molar refractivity (Wildman–Crippen MR) is 60.3 cm³/mol. The molecule has 0 spiro atoms. The van der Waals surface area contributed by atoms with Crippen molar-refractivity contribution in [1.82, 2.24) is 5.32 Å². The molecule has 0 aliphatic rings. The van der Waals surface area contributed by atoms with Crippen LogP contribution in [-0.4, -0.2) is 26.3 Å². The number of urea groups is 1. The molecule has 0 fully saturated rings. The van der Waals surface area contributed by atoms with Gasteiger partial charge < -0.3 is 15.4 Å². The maximum absolute atomic E-state index is 13.0. The summed E-state index contributed by atoms with van der Waals surface area (Å²) in [5, 5.41) is 4.52. The third-order valence-electron chi connectivity index (χ3n) is 2.12. The van der Waals surface area contributed by atoms with E-state index in [1.807, 2.05) is 0 Å². The molecule has 0 atom stereocenters. The summed E-state index contributed by atoms with van der Waals surface area (Å²) in [6.07, 6.45) is -4.81. The third-order valence-corrected chi connectivity index (χ3v) is 2.12. The van der Waals surface area contributed by atoms with Crippen LogP contribution in [-0.2, 0) is 10.9 Å². The zero-order valence-electron chi connectivity index (χ0n) is 9.97. The summed E-state index contributed by atoms with van der Waals surface area (Å²) in [5.41, 5.74) is -1.58. The third kappa shape index (κ3) is 4.74. The average molecular weight is 280 g/mol. The Bertz CT molecular complexity index is 449. The number of benzene rings is 1. The van der Waals surface area contributed by atoms with Crippen molar-refractivity contribution < 1.29 is 27.1 Å². The Hall–Kier alpha value is -1.83. The highest BCUT2D eigenvalue weighted by Gasteiger charge is 2.34. The highest BCUT2D eigenvalue weighted by atomic mass is 19.4. The van der Waals surface area contributed by atoms with E-state index in [1.165, 1.54) is 7.11 Å². The van der Waals surface area contributed by atoms with E-state index in [0.29, 0.717) is 12.1 Å². The van der Waals surface area contributed by atoms with Crippen LogP contribution in [0.4, 0.5) is 28.0 Å². The average Bonchev–Trinajstić information content (AvgIpc) is 2.30. The van der Waals surface area contributed by atoms with Crippen LogP contribution in [0.15, 0.2) is 18.2 Å². The Labute approximate surface area is 106 Å². The van der Waals surface area contributed by atoms with Crippen molar-refractivity contribution in [2.75, 3.05) is 25.6 Å². The lowest BCUT2D eigenvalue weighted by Crippen LogP contribution is -2.31. The standard InChI is InChI=1S/C11H12F4N2O2/c1-19-5-4-16-10(18)17-7-2-3-9(12)8(6-7)11(13,14)15/h2-3,6H,4-5H2,1H3,(H2,16,17,18). The number of carbonyl (C=O) groups is 1. The van der Waals surface area contributed by atoms with E-state index in [1.54, 1.807) is 0 Å². The fraction of sp³-hybridized carbons (Fsp3) is 0.364. The first-order valence-electron chi connectivity index (χ1n) is 5.25. The van der Waals surface area contributed by atoms with Gasteiger partial charge in [0, 0.05) is 19.3 Å². The summed E-state index contributed by atoms with van der Waals surface area (Å²) in [7, 11) is 1.44. The highest BCUT2D eigenvalue weighted by Crippen LogP contribution is 2.32. The second kappa shape index (κ2) is 6.37. The smallest absolute Gasteiger partial charge is 0.383 e. The lowest BCUT2D eigenvalue weighted by molar-refractivity contribution is -0.139. The molecule has 1 rings (SSSR count). The Morgan fingerprint density at radius 2 is 2.05 bits per heavy atom. The van der Waals surface area contributed by atoms with Crippen LogP contribution in [0.5, 0.6) is 0 Å². The van der Waals surface area contributed by atoms with Crippen molar-refractivity contribution in [1.29, 1.82) is 0 Å². The molecule has 0 bridgehead atoms. The van der Waals surface area contributed by atoms with Crippen molar-refractivity contribution in [2.45, 2.75) is 6.18 Å². The minimum atomic E-state index is -4.81. The van der Waals surface area contributed by atoms with E-state index in [4.69, 9.17) is 0 Å². The lowest BCUT2D eigenvalue weighted by Gasteiger charge is -2.11. The van der Waals surface area contributed by atoms with E-state index in [-0.39, 0.29) is 18.8 Å². The largest absolute Gasteiger partial charge is 0.419 e. The molecule has 2 N–H and O–H groups in total. The molecule has 4 nitrogen and oxygen atoms in total. The van der Waals surface area contributed by atoms with Crippen molar-refractivity contribution in [3.05, 3.63) is 29.6 Å². The molecular weight excluding hydrogens is 268 g/mol. The number of rotatable bonds is 4. The number of amides is 2. The summed E-state index contributed by atoms with van der Waals surface area (Å²) < 4.78 is 55.0. The number of nitrogens with one attached hydrogen (secondary N) is 2. The predicted octanol–water partition coefficient (Wildman–Crippen LogP) is 2.61. The fourth-order valence-corrected chi connectivity index (χ4v) is 1.26. The number of hydrogen-bond acceptors (Lipinski definition) is 2. The Kier molecular flexibility index (Phi) is 5.11. The zero-order valence-corrected chi connectivity index (χ0v) is 9.97. The molecule has 106 valence electrons. The van der Waals surface area contributed by atoms with Crippen molar-refractivity contribution in [3.8, 4) is 0 Å². The van der Waals surface area contributed by atoms with Crippen LogP contribution in [0.3, 0.4) is 0 Å². The first-order valence-corrected chi connectivity index (χ1v) is 5.25. The minimum absolute atomic E-state index is 0.149. The van der Waals surface area contributed by atoms with Crippen molar-refractivity contribution >= 4 is 11.7 Å². The Balaban J connectivity index is 2.72. The quantitative estimate of drug-likeness (QED) is 0.658. The number of halogens is 4. The van der Waals surface area contributed by atoms with Crippen LogP contribution in [0, 0.1) is 5.82 Å². The van der Waals surface area contributed by atoms with E-state index < -0.39 is 23.6 Å². The number of alkyl halides is 3. The maximum atomic E-state index is 13.0. The van der Waals surface area contributed by atoms with Crippen LogP contribution >= 0.6 is 0 Å². The van der Waals surface area contributed by atoms with Gasteiger partial charge in [0.15, 0.2) is 0 Å². The van der Waals surface area contributed by atoms with Gasteiger partial charge in [-0.25, -0.2) is 9.18 Å². The molecule has 1 aromatic carbocycles. The molecule has 1 aromatic rings. The van der Waals surface area contributed by atoms with Gasteiger partial charge in [0.25, 0.3) is 0 Å². The monoisotopic (exact) mass is 280 g/mol. The van der Waals surface area contributed by atoms with Crippen molar-refractivity contribution in [2.24, 2.45) is 0 Å². The minimum Gasteiger partial charge on any atom is -0.383 e. The first-order chi connectivity index (χ1) is 8.84. The van der Waals surface area contributed by atoms with Gasteiger partial charge >= 0.3 is 12.2 Å². The highest BCUT2D eigenvalue weighted by molar-refractivity contribution is 5.89. The van der Waals surface area contributed by atoms with Crippen LogP contribution in [0.1, 0.15) is 5.56 Å². The molecule has 0 unspecified atom stereocenters. The molecule has 0 aliphatic heterocycles. The summed E-state index contributed by atoms with van der Waals surface area (Å²) in [6.45, 7) is 0.473. The number of carbonyl (C=O) groups excluding carboxylic acids is 1. The number of hydrogen-bond donors (Lipinski definition) is 2. The normalized spacial score (nSPS) is 11.2. The van der Waals surface area contributed by atoms with Crippen LogP contribution < -0.4 is 10.6 Å². The van der Waals surface area contributed by atoms with Gasteiger partial charge in [-0.05, 0) is 18.2 Å². The molecule has 0 aromatic heterocycles. The van der Waals surface area contributed by atoms with Gasteiger partial charge in [-0.3, -0.25) is 0 Å². The molecule has 19 heavy (non-hydrogen) atoms. The van der Waals surface area contributed by atoms with Gasteiger partial charge in [-0.2, -0.15) is 13.2 Å². The van der Waals surface area contributed by atoms with Gasteiger partial charge in [-0.15, -0.1) is 0 Å². The van der Waals surface area contributed by atoms with Crippen molar-refractivity contribution in [3.63, 3.8) is 0 Å². The fourth-order valence-electron chi connectivity index (χ4n) is 1.26. The van der Waals surface area contributed by atoms with E-state index in [9.17, 15) is 22.4 Å². The molecule has 0 heterocycles. The molecule has 0 saturated carbocycles. The lowest BCUT2D eigenvalue weighted by atomic mass is 10.2. The topological polar surface area (TPSA) is 50.4 Å². The summed E-state index contributed by atoms with van der Waals surface area (Å²) >= 11 is 0. The molecule has 0 aliphatic carbocycles. The molecule has 0 radical (unpaired) electrons. The first kappa shape index (κ1) is 15.2. The maximum Gasteiger partial charge on any atom is 0.419 e. The SMILES string of the molecule is COCCNC(=O)Nc1ccc(F)c(C(F)(F)F)c1. The van der Waals surface area contributed by atoms with Crippen LogP contribution in [0.2, 0.25) is 0 Å². The number of methoxy groups -OCH3 is 1. The van der Waals surface area contributed by atoms with E-state index in [2.05, 4.69) is 15.4 Å². The molecule has 8 heteroatoms. The molecular formula is C11H12F4N2O2. The van der Waals surface area contributed by atoms with Gasteiger partial charge in [0.05, 0.1) is 12.2 Å². The Morgan fingerprint density at radius 1 is 1.37 bits per heavy atom. The molecule has 2 amide bonds. The van der Waals surface area contributed by atoms with E-state index >= 15 is 0 Å². The Morgan fingerprint density at radius 3 is 2.63 bits per heavy atom.